The Hall–Kier alpha value is -3.04. The Labute approximate surface area is 231 Å². The normalized spacial score (nSPS) is 29.9. The van der Waals surface area contributed by atoms with Gasteiger partial charge in [-0.05, 0) is 55.3 Å². The van der Waals surface area contributed by atoms with Crippen LogP contribution in [0.5, 0.6) is 0 Å². The van der Waals surface area contributed by atoms with E-state index in [0.29, 0.717) is 13.3 Å². The Bertz CT molecular complexity index is 1120. The number of fused-ring (bicyclic) bond motifs is 1. The van der Waals surface area contributed by atoms with E-state index in [1.807, 2.05) is 13.8 Å². The van der Waals surface area contributed by atoms with Crippen molar-refractivity contribution in [3.63, 3.8) is 0 Å². The number of piperidine rings is 1. The topological polar surface area (TPSA) is 141 Å². The van der Waals surface area contributed by atoms with Gasteiger partial charge in [0.1, 0.15) is 18.1 Å². The van der Waals surface area contributed by atoms with Crippen molar-refractivity contribution in [1.29, 1.82) is 5.26 Å². The smallest absolute Gasteiger partial charge is 0.425 e. The van der Waals surface area contributed by atoms with Crippen molar-refractivity contribution in [2.45, 2.75) is 103 Å². The lowest BCUT2D eigenvalue weighted by molar-refractivity contribution is -0.197. The zero-order chi connectivity index (χ0) is 30.0. The van der Waals surface area contributed by atoms with Crippen LogP contribution in [0.4, 0.5) is 18.0 Å². The first kappa shape index (κ1) is 29.9. The van der Waals surface area contributed by atoms with Gasteiger partial charge in [-0.25, -0.2) is 4.79 Å². The lowest BCUT2D eigenvalue weighted by Gasteiger charge is -2.37. The Kier molecular flexibility index (Phi) is 7.33. The number of amides is 4. The van der Waals surface area contributed by atoms with Crippen molar-refractivity contribution in [2.75, 3.05) is 6.54 Å². The van der Waals surface area contributed by atoms with Gasteiger partial charge in [-0.1, -0.05) is 34.6 Å². The summed E-state index contributed by atoms with van der Waals surface area (Å²) in [6.45, 7) is 9.81. The van der Waals surface area contributed by atoms with E-state index in [0.717, 1.165) is 12.8 Å². The third kappa shape index (κ3) is 5.72. The number of likely N-dealkylation sites (tertiary alicyclic amines) is 1. The van der Waals surface area contributed by atoms with Crippen LogP contribution < -0.4 is 16.0 Å². The molecule has 1 spiro atoms. The fourth-order valence-corrected chi connectivity index (χ4v) is 6.34. The third-order valence-electron chi connectivity index (χ3n) is 9.12. The third-order valence-corrected chi connectivity index (χ3v) is 9.12. The van der Waals surface area contributed by atoms with Crippen LogP contribution in [0, 0.1) is 39.9 Å². The molecule has 4 amide bonds. The molecule has 0 radical (unpaired) electrons. The highest BCUT2D eigenvalue weighted by Crippen LogP contribution is 2.65. The van der Waals surface area contributed by atoms with Gasteiger partial charge in [0.05, 0.1) is 6.07 Å². The predicted octanol–water partition coefficient (Wildman–Crippen LogP) is 2.63. The van der Waals surface area contributed by atoms with E-state index in [1.54, 1.807) is 20.8 Å². The maximum Gasteiger partial charge on any atom is 0.425 e. The molecule has 2 aliphatic carbocycles. The minimum atomic E-state index is -4.76. The maximum atomic E-state index is 13.8. The molecule has 4 rings (SSSR count). The zero-order valence-corrected chi connectivity index (χ0v) is 23.6. The molecule has 2 heterocycles. The zero-order valence-electron chi connectivity index (χ0n) is 23.6. The fraction of sp³-hybridized carbons (Fsp3) is 0.815. The largest absolute Gasteiger partial charge is 0.437 e. The van der Waals surface area contributed by atoms with E-state index >= 15 is 0 Å². The second-order valence-electron chi connectivity index (χ2n) is 13.5. The molecule has 0 aromatic carbocycles. The van der Waals surface area contributed by atoms with Crippen molar-refractivity contribution < 1.29 is 37.1 Å². The molecule has 2 saturated carbocycles. The van der Waals surface area contributed by atoms with Gasteiger partial charge in [-0.15, -0.1) is 0 Å². The number of nitriles is 1. The summed E-state index contributed by atoms with van der Waals surface area (Å²) < 4.78 is 43.2. The van der Waals surface area contributed by atoms with Crippen LogP contribution in [0.25, 0.3) is 0 Å². The van der Waals surface area contributed by atoms with Crippen molar-refractivity contribution in [3.8, 4) is 6.07 Å². The number of alkyl carbamates (subject to hydrolysis) is 1. The predicted molar refractivity (Wildman–Crippen MR) is 135 cm³/mol. The molecule has 0 bridgehead atoms. The van der Waals surface area contributed by atoms with Crippen LogP contribution in [-0.2, 0) is 19.1 Å². The average Bonchev–Trinajstić information content (AvgIpc) is 3.54. The minimum absolute atomic E-state index is 0.000826. The number of carbonyl (C=O) groups excluding carboxylic acids is 4. The molecule has 40 heavy (non-hydrogen) atoms. The van der Waals surface area contributed by atoms with Crippen molar-refractivity contribution in [3.05, 3.63) is 0 Å². The molecular formula is C27H38F3N5O5. The quantitative estimate of drug-likeness (QED) is 0.431. The molecule has 13 heteroatoms. The molecule has 7 unspecified atom stereocenters. The lowest BCUT2D eigenvalue weighted by Crippen LogP contribution is -2.60. The summed E-state index contributed by atoms with van der Waals surface area (Å²) in [4.78, 5) is 53.5. The molecular weight excluding hydrogens is 531 g/mol. The number of nitrogens with one attached hydrogen (secondary N) is 3. The molecule has 3 N–H and O–H groups in total. The number of rotatable bonds is 7. The number of carbonyl (C=O) groups is 4. The highest BCUT2D eigenvalue weighted by molar-refractivity contribution is 5.93. The Morgan fingerprint density at radius 1 is 1.20 bits per heavy atom. The summed E-state index contributed by atoms with van der Waals surface area (Å²) in [6.07, 6.45) is -5.95. The van der Waals surface area contributed by atoms with Gasteiger partial charge in [0.15, 0.2) is 6.10 Å². The molecule has 4 aliphatic rings. The van der Waals surface area contributed by atoms with Crippen LogP contribution in [-0.4, -0.2) is 71.2 Å². The van der Waals surface area contributed by atoms with E-state index in [4.69, 9.17) is 0 Å². The van der Waals surface area contributed by atoms with Crippen LogP contribution in [0.3, 0.4) is 0 Å². The number of hydrogen-bond donors (Lipinski definition) is 3. The highest BCUT2D eigenvalue weighted by atomic mass is 19.4. The molecule has 2 saturated heterocycles. The molecule has 4 fully saturated rings. The van der Waals surface area contributed by atoms with Crippen molar-refractivity contribution >= 4 is 23.8 Å². The molecule has 0 aromatic rings. The first-order valence-corrected chi connectivity index (χ1v) is 13.7. The number of halogens is 3. The first-order chi connectivity index (χ1) is 18.3. The highest BCUT2D eigenvalue weighted by Gasteiger charge is 2.70. The number of hydrogen-bond acceptors (Lipinski definition) is 6. The summed E-state index contributed by atoms with van der Waals surface area (Å²) in [5.74, 6) is -1.86. The number of nitrogens with zero attached hydrogens (tertiary/aromatic N) is 2. The lowest BCUT2D eigenvalue weighted by atomic mass is 9.85. The maximum absolute atomic E-state index is 13.8. The number of alkyl halides is 3. The van der Waals surface area contributed by atoms with E-state index in [-0.39, 0.29) is 41.7 Å². The average molecular weight is 570 g/mol. The Morgan fingerprint density at radius 2 is 1.82 bits per heavy atom. The monoisotopic (exact) mass is 569 g/mol. The van der Waals surface area contributed by atoms with Crippen LogP contribution in [0.2, 0.25) is 0 Å². The number of ether oxygens (including phenoxy) is 1. The molecule has 7 atom stereocenters. The molecule has 2 aliphatic heterocycles. The summed E-state index contributed by atoms with van der Waals surface area (Å²) in [7, 11) is 0. The molecule has 10 nitrogen and oxygen atoms in total. The fourth-order valence-electron chi connectivity index (χ4n) is 6.34. The summed E-state index contributed by atoms with van der Waals surface area (Å²) in [5.41, 5.74) is -1.33. The van der Waals surface area contributed by atoms with Gasteiger partial charge in [-0.2, -0.15) is 18.4 Å². The van der Waals surface area contributed by atoms with Gasteiger partial charge < -0.3 is 25.6 Å². The van der Waals surface area contributed by atoms with E-state index in [1.165, 1.54) is 4.90 Å². The second kappa shape index (κ2) is 9.80. The molecule has 222 valence electrons. The van der Waals surface area contributed by atoms with Gasteiger partial charge >= 0.3 is 12.3 Å². The standard InChI is InChI=1S/C27H38F3N5O5/c1-13(27(28,29)30)40-23(39)33-19(24(2,3)4)22(38)35-12-16-17(25(16,5)6)18(35)21(37)32-15(11-31)9-14-10-26(7-8-26)34-20(14)36/h13-19H,7-10,12H2,1-6H3,(H,32,37)(H,33,39)(H,34,36). The van der Waals surface area contributed by atoms with Crippen molar-refractivity contribution in [1.82, 2.24) is 20.9 Å². The van der Waals surface area contributed by atoms with Crippen LogP contribution in [0.1, 0.15) is 67.2 Å². The van der Waals surface area contributed by atoms with E-state index < -0.39 is 59.6 Å². The summed E-state index contributed by atoms with van der Waals surface area (Å²) >= 11 is 0. The van der Waals surface area contributed by atoms with E-state index in [9.17, 15) is 37.6 Å². The first-order valence-electron chi connectivity index (χ1n) is 13.7. The van der Waals surface area contributed by atoms with Gasteiger partial charge in [0, 0.05) is 18.0 Å². The summed E-state index contributed by atoms with van der Waals surface area (Å²) in [6, 6.07) is -1.09. The van der Waals surface area contributed by atoms with E-state index in [2.05, 4.69) is 26.8 Å². The Morgan fingerprint density at radius 3 is 2.33 bits per heavy atom. The molecule has 0 aromatic heterocycles. The van der Waals surface area contributed by atoms with Gasteiger partial charge in [-0.3, -0.25) is 14.4 Å². The van der Waals surface area contributed by atoms with Crippen LogP contribution in [0.15, 0.2) is 0 Å². The Balaban J connectivity index is 1.48. The summed E-state index contributed by atoms with van der Waals surface area (Å²) in [5, 5.41) is 17.8. The van der Waals surface area contributed by atoms with Gasteiger partial charge in [0.25, 0.3) is 0 Å². The van der Waals surface area contributed by atoms with Gasteiger partial charge in [0.2, 0.25) is 17.7 Å². The van der Waals surface area contributed by atoms with Crippen molar-refractivity contribution in [2.24, 2.45) is 28.6 Å². The SMILES string of the molecule is CC(OC(=O)NC(C(=O)N1CC2C(C1C(=O)NC(C#N)CC1CC3(CC3)NC1=O)C2(C)C)C(C)(C)C)C(F)(F)F. The minimum Gasteiger partial charge on any atom is -0.437 e. The van der Waals surface area contributed by atoms with Crippen LogP contribution >= 0.6 is 0 Å². The second-order valence-corrected chi connectivity index (χ2v) is 13.5.